The van der Waals surface area contributed by atoms with E-state index >= 15 is 0 Å². The van der Waals surface area contributed by atoms with Gasteiger partial charge in [-0.1, -0.05) is 0 Å². The van der Waals surface area contributed by atoms with Crippen LogP contribution in [0.3, 0.4) is 0 Å². The molecule has 0 N–H and O–H groups in total. The smallest absolute Gasteiger partial charge is 0.129 e. The average molecular weight is 161 g/mol. The topological polar surface area (TPSA) is 39.9 Å². The monoisotopic (exact) mass is 161 g/mol. The molecule has 62 valence electrons. The van der Waals surface area contributed by atoms with Gasteiger partial charge in [0.2, 0.25) is 0 Å². The number of hydrogen-bond acceptors (Lipinski definition) is 3. The first kappa shape index (κ1) is 8.54. The second-order valence-electron chi connectivity index (χ2n) is 2.86. The normalized spacial score (nSPS) is 9.17. The van der Waals surface area contributed by atoms with E-state index in [0.29, 0.717) is 5.56 Å². The minimum absolute atomic E-state index is 0.659. The Labute approximate surface area is 72.3 Å². The van der Waals surface area contributed by atoms with Crippen LogP contribution in [0.15, 0.2) is 12.1 Å². The highest BCUT2D eigenvalue weighted by Crippen LogP contribution is 2.11. The highest BCUT2D eigenvalue weighted by Gasteiger charge is 2.00. The van der Waals surface area contributed by atoms with Crippen LogP contribution in [-0.4, -0.2) is 19.1 Å². The fourth-order valence-corrected chi connectivity index (χ4v) is 0.945. The van der Waals surface area contributed by atoms with E-state index in [2.05, 4.69) is 11.1 Å². The molecule has 0 spiro atoms. The van der Waals surface area contributed by atoms with E-state index in [1.165, 1.54) is 0 Å². The van der Waals surface area contributed by atoms with Crippen LogP contribution in [0, 0.1) is 18.3 Å². The molecule has 1 aromatic heterocycles. The highest BCUT2D eigenvalue weighted by molar-refractivity contribution is 5.45. The van der Waals surface area contributed by atoms with Crippen molar-refractivity contribution in [2.24, 2.45) is 0 Å². The lowest BCUT2D eigenvalue weighted by molar-refractivity contribution is 1.04. The zero-order valence-corrected chi connectivity index (χ0v) is 7.50. The van der Waals surface area contributed by atoms with Crippen LogP contribution in [0.25, 0.3) is 0 Å². The molecular weight excluding hydrogens is 150 g/mol. The first-order valence-electron chi connectivity index (χ1n) is 3.69. The summed E-state index contributed by atoms with van der Waals surface area (Å²) in [5.41, 5.74) is 1.53. The van der Waals surface area contributed by atoms with Crippen molar-refractivity contribution in [3.05, 3.63) is 23.4 Å². The summed E-state index contributed by atoms with van der Waals surface area (Å²) >= 11 is 0. The Balaban J connectivity index is 3.17. The largest absolute Gasteiger partial charge is 0.363 e. The predicted molar refractivity (Wildman–Crippen MR) is 48.0 cm³/mol. The van der Waals surface area contributed by atoms with Crippen LogP contribution in [0.5, 0.6) is 0 Å². The molecule has 1 rings (SSSR count). The fourth-order valence-electron chi connectivity index (χ4n) is 0.945. The van der Waals surface area contributed by atoms with E-state index in [1.807, 2.05) is 25.9 Å². The molecule has 0 saturated carbocycles. The molecule has 0 amide bonds. The number of nitrogens with zero attached hydrogens (tertiary/aromatic N) is 3. The third kappa shape index (κ3) is 1.73. The van der Waals surface area contributed by atoms with Gasteiger partial charge in [0.1, 0.15) is 5.82 Å². The second kappa shape index (κ2) is 3.22. The minimum atomic E-state index is 0.659. The quantitative estimate of drug-likeness (QED) is 0.623. The van der Waals surface area contributed by atoms with E-state index in [-0.39, 0.29) is 0 Å². The Morgan fingerprint density at radius 2 is 2.08 bits per heavy atom. The standard InChI is InChI=1S/C9H11N3/c1-7-4-8(6-10)5-9(11-7)12(2)3/h4-5H,1-3H3. The molecule has 1 aromatic rings. The van der Waals surface area contributed by atoms with Crippen molar-refractivity contribution >= 4 is 5.82 Å². The van der Waals surface area contributed by atoms with Crippen molar-refractivity contribution in [2.45, 2.75) is 6.92 Å². The van der Waals surface area contributed by atoms with Gasteiger partial charge in [-0.05, 0) is 19.1 Å². The second-order valence-corrected chi connectivity index (χ2v) is 2.86. The molecule has 3 nitrogen and oxygen atoms in total. The number of anilines is 1. The Kier molecular flexibility index (Phi) is 2.29. The molecule has 0 fully saturated rings. The summed E-state index contributed by atoms with van der Waals surface area (Å²) in [5, 5.41) is 8.67. The molecule has 1 heterocycles. The van der Waals surface area contributed by atoms with Gasteiger partial charge >= 0.3 is 0 Å². The lowest BCUT2D eigenvalue weighted by Gasteiger charge is -2.11. The molecule has 0 aromatic carbocycles. The van der Waals surface area contributed by atoms with Crippen molar-refractivity contribution < 1.29 is 0 Å². The zero-order chi connectivity index (χ0) is 9.14. The van der Waals surface area contributed by atoms with Gasteiger partial charge in [0, 0.05) is 19.8 Å². The first-order valence-corrected chi connectivity index (χ1v) is 3.69. The van der Waals surface area contributed by atoms with E-state index in [0.717, 1.165) is 11.5 Å². The third-order valence-corrected chi connectivity index (χ3v) is 1.53. The van der Waals surface area contributed by atoms with Gasteiger partial charge in [-0.25, -0.2) is 4.98 Å². The molecule has 0 bridgehead atoms. The lowest BCUT2D eigenvalue weighted by Crippen LogP contribution is -2.11. The molecule has 0 unspecified atom stereocenters. The van der Waals surface area contributed by atoms with Crippen LogP contribution >= 0.6 is 0 Å². The molecule has 0 atom stereocenters. The van der Waals surface area contributed by atoms with Crippen molar-refractivity contribution in [1.29, 1.82) is 5.26 Å². The molecule has 0 aliphatic rings. The molecule has 0 aliphatic carbocycles. The van der Waals surface area contributed by atoms with Crippen LogP contribution in [0.1, 0.15) is 11.3 Å². The highest BCUT2D eigenvalue weighted by atomic mass is 15.1. The summed E-state index contributed by atoms with van der Waals surface area (Å²) < 4.78 is 0. The number of nitriles is 1. The molecule has 12 heavy (non-hydrogen) atoms. The van der Waals surface area contributed by atoms with E-state index in [4.69, 9.17) is 5.26 Å². The molecule has 0 aliphatic heterocycles. The van der Waals surface area contributed by atoms with Crippen LogP contribution in [0.4, 0.5) is 5.82 Å². The molecular formula is C9H11N3. The van der Waals surface area contributed by atoms with Gasteiger partial charge in [-0.2, -0.15) is 5.26 Å². The number of rotatable bonds is 1. The van der Waals surface area contributed by atoms with Gasteiger partial charge in [0.05, 0.1) is 11.6 Å². The summed E-state index contributed by atoms with van der Waals surface area (Å²) in [5.74, 6) is 0.826. The molecule has 0 radical (unpaired) electrons. The maximum Gasteiger partial charge on any atom is 0.129 e. The predicted octanol–water partition coefficient (Wildman–Crippen LogP) is 1.33. The third-order valence-electron chi connectivity index (χ3n) is 1.53. The zero-order valence-electron chi connectivity index (χ0n) is 7.50. The van der Waals surface area contributed by atoms with E-state index in [1.54, 1.807) is 12.1 Å². The SMILES string of the molecule is Cc1cc(C#N)cc(N(C)C)n1. The lowest BCUT2D eigenvalue weighted by atomic mass is 10.2. The van der Waals surface area contributed by atoms with E-state index < -0.39 is 0 Å². The Morgan fingerprint density at radius 1 is 1.42 bits per heavy atom. The van der Waals surface area contributed by atoms with Gasteiger partial charge in [0.25, 0.3) is 0 Å². The van der Waals surface area contributed by atoms with Crippen LogP contribution in [0.2, 0.25) is 0 Å². The summed E-state index contributed by atoms with van der Waals surface area (Å²) in [6.07, 6.45) is 0. The minimum Gasteiger partial charge on any atom is -0.363 e. The van der Waals surface area contributed by atoms with Crippen molar-refractivity contribution in [2.75, 3.05) is 19.0 Å². The number of aromatic nitrogens is 1. The average Bonchev–Trinajstić information content (AvgIpc) is 2.03. The number of aryl methyl sites for hydroxylation is 1. The first-order chi connectivity index (χ1) is 5.63. The summed E-state index contributed by atoms with van der Waals surface area (Å²) in [6, 6.07) is 5.64. The van der Waals surface area contributed by atoms with Crippen LogP contribution < -0.4 is 4.90 Å². The van der Waals surface area contributed by atoms with Gasteiger partial charge in [-0.15, -0.1) is 0 Å². The number of hydrogen-bond donors (Lipinski definition) is 0. The summed E-state index contributed by atoms with van der Waals surface area (Å²) in [6.45, 7) is 1.88. The fraction of sp³-hybridized carbons (Fsp3) is 0.333. The van der Waals surface area contributed by atoms with E-state index in [9.17, 15) is 0 Å². The molecule has 3 heteroatoms. The Morgan fingerprint density at radius 3 is 2.58 bits per heavy atom. The van der Waals surface area contributed by atoms with Crippen molar-refractivity contribution in [1.82, 2.24) is 4.98 Å². The maximum absolute atomic E-state index is 8.67. The van der Waals surface area contributed by atoms with Gasteiger partial charge in [0.15, 0.2) is 0 Å². The summed E-state index contributed by atoms with van der Waals surface area (Å²) in [4.78, 5) is 6.14. The van der Waals surface area contributed by atoms with Crippen molar-refractivity contribution in [3.63, 3.8) is 0 Å². The van der Waals surface area contributed by atoms with Crippen molar-refractivity contribution in [3.8, 4) is 6.07 Å². The van der Waals surface area contributed by atoms with Gasteiger partial charge in [-0.3, -0.25) is 0 Å². The Hall–Kier alpha value is -1.56. The summed E-state index contributed by atoms with van der Waals surface area (Å²) in [7, 11) is 3.81. The molecule has 0 saturated heterocycles. The maximum atomic E-state index is 8.67. The van der Waals surface area contributed by atoms with Crippen LogP contribution in [-0.2, 0) is 0 Å². The van der Waals surface area contributed by atoms with Gasteiger partial charge < -0.3 is 4.90 Å². The Bertz CT molecular complexity index is 323. The number of pyridine rings is 1.